The van der Waals surface area contributed by atoms with Crippen molar-refractivity contribution < 1.29 is 0 Å². The summed E-state index contributed by atoms with van der Waals surface area (Å²) in [6.45, 7) is 0. The van der Waals surface area contributed by atoms with Gasteiger partial charge in [0.1, 0.15) is 0 Å². The molecule has 5 aromatic rings. The molecule has 0 fully saturated rings. The molecule has 0 atom stereocenters. The Kier molecular flexibility index (Phi) is 3.27. The van der Waals surface area contributed by atoms with Crippen LogP contribution < -0.4 is 4.90 Å². The van der Waals surface area contributed by atoms with Crippen molar-refractivity contribution >= 4 is 17.1 Å². The van der Waals surface area contributed by atoms with Gasteiger partial charge in [0.05, 0.1) is 17.1 Å². The van der Waals surface area contributed by atoms with E-state index in [1.807, 2.05) is 0 Å². The Hall–Kier alpha value is -4.17. The van der Waals surface area contributed by atoms with E-state index < -0.39 is 0 Å². The lowest BCUT2D eigenvalue weighted by atomic mass is 9.85. The van der Waals surface area contributed by atoms with Crippen LogP contribution in [0.3, 0.4) is 0 Å². The highest BCUT2D eigenvalue weighted by Gasteiger charge is 2.35. The molecule has 0 bridgehead atoms. The molecule has 0 radical (unpaired) electrons. The Labute approximate surface area is 204 Å². The van der Waals surface area contributed by atoms with Crippen LogP contribution in [0, 0.1) is 0 Å². The van der Waals surface area contributed by atoms with E-state index in [4.69, 9.17) is 0 Å². The molecule has 2 aliphatic carbocycles. The van der Waals surface area contributed by atoms with E-state index in [0.29, 0.717) is 0 Å². The minimum Gasteiger partial charge on any atom is -0.309 e. The third-order valence-corrected chi connectivity index (χ3v) is 8.52. The first-order valence-electron chi connectivity index (χ1n) is 12.6. The molecular weight excluding hydrogens is 424 g/mol. The van der Waals surface area contributed by atoms with E-state index in [9.17, 15) is 0 Å². The molecule has 2 nitrogen and oxygen atoms in total. The molecule has 0 amide bonds. The molecule has 1 aromatic heterocycles. The van der Waals surface area contributed by atoms with Gasteiger partial charge in [0.15, 0.2) is 0 Å². The number of rotatable bonds is 0. The van der Waals surface area contributed by atoms with E-state index in [0.717, 1.165) is 25.7 Å². The van der Waals surface area contributed by atoms with E-state index >= 15 is 0 Å². The van der Waals surface area contributed by atoms with Gasteiger partial charge in [-0.05, 0) is 91.7 Å². The van der Waals surface area contributed by atoms with E-state index in [1.165, 1.54) is 83.8 Å². The monoisotopic (exact) mass is 446 g/mol. The second kappa shape index (κ2) is 6.28. The smallest absolute Gasteiger partial charge is 0.0563 e. The molecule has 0 spiro atoms. The lowest BCUT2D eigenvalue weighted by Gasteiger charge is -2.39. The number of aromatic nitrogens is 1. The average Bonchev–Trinajstić information content (AvgIpc) is 3.43. The minimum absolute atomic E-state index is 0.953. The van der Waals surface area contributed by atoms with Gasteiger partial charge in [0.25, 0.3) is 0 Å². The van der Waals surface area contributed by atoms with Crippen molar-refractivity contribution in [1.29, 1.82) is 0 Å². The van der Waals surface area contributed by atoms with Crippen molar-refractivity contribution in [2.24, 2.45) is 0 Å². The molecule has 0 unspecified atom stereocenters. The van der Waals surface area contributed by atoms with Gasteiger partial charge in [0, 0.05) is 25.2 Å². The third-order valence-electron chi connectivity index (χ3n) is 8.52. The van der Waals surface area contributed by atoms with Gasteiger partial charge in [-0.2, -0.15) is 0 Å². The summed E-state index contributed by atoms with van der Waals surface area (Å²) in [7, 11) is 0. The van der Waals surface area contributed by atoms with Crippen LogP contribution in [-0.4, -0.2) is 4.98 Å². The summed E-state index contributed by atoms with van der Waals surface area (Å²) in [6, 6.07) is 27.7. The molecule has 164 valence electrons. The number of anilines is 3. The number of hydrogen-bond acceptors (Lipinski definition) is 2. The van der Waals surface area contributed by atoms with Crippen molar-refractivity contribution in [3.8, 4) is 22.3 Å². The number of fused-ring (bicyclic) bond motifs is 10. The van der Waals surface area contributed by atoms with Gasteiger partial charge >= 0.3 is 0 Å². The Bertz CT molecular complexity index is 1630. The highest BCUT2D eigenvalue weighted by molar-refractivity contribution is 5.94. The molecular formula is C33H22N2. The summed E-state index contributed by atoms with van der Waals surface area (Å²) in [4.78, 5) is 7.23. The SMILES string of the molecule is c1ccc2c(c1)Cc1cc3c(cc1-2)N1c2cc4c(cc2Cc2cncc(c21)C3)Cc1ccccc1-4. The van der Waals surface area contributed by atoms with Crippen molar-refractivity contribution in [3.05, 3.63) is 130 Å². The molecule has 35 heavy (non-hydrogen) atoms. The van der Waals surface area contributed by atoms with Gasteiger partial charge in [0.2, 0.25) is 0 Å². The molecule has 3 heterocycles. The third kappa shape index (κ3) is 2.32. The summed E-state index contributed by atoms with van der Waals surface area (Å²) in [5.41, 5.74) is 20.9. The largest absolute Gasteiger partial charge is 0.309 e. The van der Waals surface area contributed by atoms with Crippen molar-refractivity contribution in [2.75, 3.05) is 4.90 Å². The standard InChI is InChI=1S/C33H22N2/c1-3-7-27-19(5-1)9-21-11-23-13-25-17-34-18-26-14-24-12-22-10-20-6-2-4-8-28(20)30(22)16-32(24)35(33(25)26)31(23)15-29(21)27/h1-8,11-12,15-18H,9-10,13-14H2. The minimum atomic E-state index is 0.953. The Morgan fingerprint density at radius 1 is 0.457 bits per heavy atom. The van der Waals surface area contributed by atoms with Crippen LogP contribution in [0.25, 0.3) is 22.3 Å². The number of nitrogens with zero attached hydrogens (tertiary/aromatic N) is 2. The fraction of sp³-hybridized carbons (Fsp3) is 0.121. The first-order valence-corrected chi connectivity index (χ1v) is 12.6. The van der Waals surface area contributed by atoms with Gasteiger partial charge in [-0.3, -0.25) is 4.98 Å². The predicted molar refractivity (Wildman–Crippen MR) is 141 cm³/mol. The highest BCUT2D eigenvalue weighted by atomic mass is 15.2. The van der Waals surface area contributed by atoms with Crippen LogP contribution in [0.15, 0.2) is 85.2 Å². The zero-order valence-corrected chi connectivity index (χ0v) is 19.3. The van der Waals surface area contributed by atoms with Crippen LogP contribution in [-0.2, 0) is 25.7 Å². The molecule has 0 saturated carbocycles. The van der Waals surface area contributed by atoms with Gasteiger partial charge in [-0.25, -0.2) is 0 Å². The maximum atomic E-state index is 4.67. The average molecular weight is 447 g/mol. The maximum Gasteiger partial charge on any atom is 0.0563 e. The molecule has 2 heteroatoms. The molecule has 2 aliphatic heterocycles. The van der Waals surface area contributed by atoms with E-state index in [2.05, 4.69) is 95.1 Å². The molecule has 4 aromatic carbocycles. The normalized spacial score (nSPS) is 14.9. The van der Waals surface area contributed by atoms with Gasteiger partial charge in [-0.1, -0.05) is 60.7 Å². The first-order chi connectivity index (χ1) is 17.3. The number of hydrogen-bond donors (Lipinski definition) is 0. The Morgan fingerprint density at radius 3 is 1.49 bits per heavy atom. The maximum absolute atomic E-state index is 4.67. The van der Waals surface area contributed by atoms with Crippen LogP contribution in [0.5, 0.6) is 0 Å². The Balaban J connectivity index is 1.32. The van der Waals surface area contributed by atoms with Crippen LogP contribution in [0.4, 0.5) is 17.1 Å². The highest BCUT2D eigenvalue weighted by Crippen LogP contribution is 2.54. The number of pyridine rings is 1. The van der Waals surface area contributed by atoms with Crippen molar-refractivity contribution in [1.82, 2.24) is 4.98 Å². The van der Waals surface area contributed by atoms with Gasteiger partial charge in [-0.15, -0.1) is 0 Å². The lowest BCUT2D eigenvalue weighted by molar-refractivity contribution is 0.982. The van der Waals surface area contributed by atoms with Gasteiger partial charge < -0.3 is 4.90 Å². The molecule has 0 saturated heterocycles. The zero-order chi connectivity index (χ0) is 22.7. The predicted octanol–water partition coefficient (Wildman–Crippen LogP) is 7.50. The van der Waals surface area contributed by atoms with Crippen molar-refractivity contribution in [3.63, 3.8) is 0 Å². The quantitative estimate of drug-likeness (QED) is 0.240. The van der Waals surface area contributed by atoms with Crippen molar-refractivity contribution in [2.45, 2.75) is 25.7 Å². The van der Waals surface area contributed by atoms with E-state index in [-0.39, 0.29) is 0 Å². The summed E-state index contributed by atoms with van der Waals surface area (Å²) < 4.78 is 0. The summed E-state index contributed by atoms with van der Waals surface area (Å²) >= 11 is 0. The van der Waals surface area contributed by atoms with Crippen LogP contribution in [0.2, 0.25) is 0 Å². The summed E-state index contributed by atoms with van der Waals surface area (Å²) in [5, 5.41) is 0. The molecule has 4 aliphatic rings. The Morgan fingerprint density at radius 2 is 0.943 bits per heavy atom. The number of benzene rings is 4. The second-order valence-electron chi connectivity index (χ2n) is 10.4. The fourth-order valence-electron chi connectivity index (χ4n) is 7.02. The summed E-state index contributed by atoms with van der Waals surface area (Å²) in [6.07, 6.45) is 8.15. The first kappa shape index (κ1) is 18.2. The second-order valence-corrected chi connectivity index (χ2v) is 10.4. The topological polar surface area (TPSA) is 16.1 Å². The van der Waals surface area contributed by atoms with Crippen LogP contribution in [0.1, 0.15) is 44.5 Å². The molecule has 0 N–H and O–H groups in total. The lowest BCUT2D eigenvalue weighted by Crippen LogP contribution is -2.25. The summed E-state index contributed by atoms with van der Waals surface area (Å²) in [5.74, 6) is 0. The zero-order valence-electron chi connectivity index (χ0n) is 19.3. The van der Waals surface area contributed by atoms with E-state index in [1.54, 1.807) is 0 Å². The molecule has 9 rings (SSSR count). The fourth-order valence-corrected chi connectivity index (χ4v) is 7.02. The van der Waals surface area contributed by atoms with Crippen LogP contribution >= 0.6 is 0 Å².